The van der Waals surface area contributed by atoms with Crippen LogP contribution in [0, 0.1) is 0 Å². The maximum absolute atomic E-state index is 13.2. The molecule has 0 radical (unpaired) electrons. The molecule has 0 N–H and O–H groups in total. The van der Waals surface area contributed by atoms with E-state index in [9.17, 15) is 9.59 Å². The number of morpholine rings is 1. The Bertz CT molecular complexity index is 924. The first-order chi connectivity index (χ1) is 14.7. The second-order valence-corrected chi connectivity index (χ2v) is 7.34. The normalized spacial score (nSPS) is 16.0. The van der Waals surface area contributed by atoms with Crippen LogP contribution in [-0.4, -0.2) is 63.3 Å². The molecular formula is C23H26N2O5. The average molecular weight is 410 g/mol. The lowest BCUT2D eigenvalue weighted by atomic mass is 10.0. The summed E-state index contributed by atoms with van der Waals surface area (Å²) in [5.74, 6) is 0.706. The number of methoxy groups -OCH3 is 1. The summed E-state index contributed by atoms with van der Waals surface area (Å²) >= 11 is 0. The minimum atomic E-state index is -0.0922. The number of benzene rings is 2. The van der Waals surface area contributed by atoms with Crippen molar-refractivity contribution in [2.75, 3.05) is 51.5 Å². The zero-order chi connectivity index (χ0) is 20.9. The molecule has 1 saturated heterocycles. The van der Waals surface area contributed by atoms with Crippen molar-refractivity contribution in [3.8, 4) is 11.5 Å². The van der Waals surface area contributed by atoms with Crippen molar-refractivity contribution in [1.29, 1.82) is 0 Å². The van der Waals surface area contributed by atoms with E-state index in [4.69, 9.17) is 14.2 Å². The van der Waals surface area contributed by atoms with Gasteiger partial charge in [0.15, 0.2) is 18.1 Å². The molecule has 7 nitrogen and oxygen atoms in total. The van der Waals surface area contributed by atoms with Crippen LogP contribution in [0.4, 0.5) is 5.69 Å². The van der Waals surface area contributed by atoms with Crippen molar-refractivity contribution < 1.29 is 23.8 Å². The summed E-state index contributed by atoms with van der Waals surface area (Å²) in [6, 6.07) is 13.1. The highest BCUT2D eigenvalue weighted by atomic mass is 16.5. The van der Waals surface area contributed by atoms with Gasteiger partial charge in [0, 0.05) is 30.9 Å². The molecule has 0 spiro atoms. The van der Waals surface area contributed by atoms with Crippen LogP contribution in [0.1, 0.15) is 22.3 Å². The van der Waals surface area contributed by atoms with Crippen molar-refractivity contribution in [2.24, 2.45) is 0 Å². The number of hydrogen-bond donors (Lipinski definition) is 0. The molecule has 7 heteroatoms. The Morgan fingerprint density at radius 1 is 1.03 bits per heavy atom. The van der Waals surface area contributed by atoms with Crippen LogP contribution in [0.5, 0.6) is 11.5 Å². The predicted molar refractivity (Wildman–Crippen MR) is 112 cm³/mol. The number of hydrogen-bond acceptors (Lipinski definition) is 5. The average Bonchev–Trinajstić information content (AvgIpc) is 2.82. The lowest BCUT2D eigenvalue weighted by Crippen LogP contribution is -2.43. The molecule has 2 aliphatic heterocycles. The van der Waals surface area contributed by atoms with E-state index in [1.165, 1.54) is 12.7 Å². The summed E-state index contributed by atoms with van der Waals surface area (Å²) in [5, 5.41) is 0. The molecule has 0 unspecified atom stereocenters. The molecule has 2 aliphatic rings. The van der Waals surface area contributed by atoms with Gasteiger partial charge in [0.1, 0.15) is 0 Å². The Morgan fingerprint density at radius 3 is 2.63 bits per heavy atom. The molecule has 2 heterocycles. The summed E-state index contributed by atoms with van der Waals surface area (Å²) in [6.45, 7) is 2.85. The van der Waals surface area contributed by atoms with E-state index in [1.807, 2.05) is 23.1 Å². The number of nitrogens with zero attached hydrogens (tertiary/aromatic N) is 2. The van der Waals surface area contributed by atoms with Crippen molar-refractivity contribution in [2.45, 2.75) is 12.8 Å². The van der Waals surface area contributed by atoms with Crippen LogP contribution < -0.4 is 14.4 Å². The van der Waals surface area contributed by atoms with E-state index < -0.39 is 0 Å². The van der Waals surface area contributed by atoms with E-state index in [1.54, 1.807) is 23.1 Å². The van der Waals surface area contributed by atoms with Gasteiger partial charge >= 0.3 is 0 Å². The number of carbonyl (C=O) groups excluding carboxylic acids is 2. The van der Waals surface area contributed by atoms with Crippen LogP contribution in [0.25, 0.3) is 0 Å². The van der Waals surface area contributed by atoms with Crippen LogP contribution in [0.2, 0.25) is 0 Å². The first-order valence-corrected chi connectivity index (χ1v) is 10.2. The number of fused-ring (bicyclic) bond motifs is 1. The number of ether oxygens (including phenoxy) is 3. The first kappa shape index (κ1) is 20.2. The molecule has 2 amide bonds. The highest BCUT2D eigenvalue weighted by Gasteiger charge is 2.24. The van der Waals surface area contributed by atoms with Crippen molar-refractivity contribution in [3.63, 3.8) is 0 Å². The molecule has 0 aliphatic carbocycles. The number of aryl methyl sites for hydroxylation is 1. The lowest BCUT2D eigenvalue weighted by molar-refractivity contribution is -0.137. The fraction of sp³-hybridized carbons (Fsp3) is 0.391. The summed E-state index contributed by atoms with van der Waals surface area (Å²) < 4.78 is 16.4. The first-order valence-electron chi connectivity index (χ1n) is 10.2. The van der Waals surface area contributed by atoms with Gasteiger partial charge in [-0.3, -0.25) is 9.59 Å². The van der Waals surface area contributed by atoms with E-state index >= 15 is 0 Å². The van der Waals surface area contributed by atoms with Gasteiger partial charge in [0.2, 0.25) is 0 Å². The molecular weight excluding hydrogens is 384 g/mol. The molecule has 158 valence electrons. The minimum Gasteiger partial charge on any atom is -0.493 e. The number of anilines is 1. The third kappa shape index (κ3) is 4.26. The Balaban J connectivity index is 1.47. The zero-order valence-corrected chi connectivity index (χ0v) is 17.1. The predicted octanol–water partition coefficient (Wildman–Crippen LogP) is 2.53. The zero-order valence-electron chi connectivity index (χ0n) is 17.1. The SMILES string of the molecule is COc1cc(C(=O)N2CCCc3ccccc32)ccc1OCC(=O)N1CCOCC1. The van der Waals surface area contributed by atoms with Crippen molar-refractivity contribution in [3.05, 3.63) is 53.6 Å². The third-order valence-electron chi connectivity index (χ3n) is 5.48. The summed E-state index contributed by atoms with van der Waals surface area (Å²) in [4.78, 5) is 29.0. The Kier molecular flexibility index (Phi) is 6.18. The topological polar surface area (TPSA) is 68.3 Å². The molecule has 0 bridgehead atoms. The molecule has 0 aromatic heterocycles. The Hall–Kier alpha value is -3.06. The third-order valence-corrected chi connectivity index (χ3v) is 5.48. The summed E-state index contributed by atoms with van der Waals surface area (Å²) in [5.41, 5.74) is 2.67. The Labute approximate surface area is 176 Å². The van der Waals surface area contributed by atoms with Gasteiger partial charge in [-0.05, 0) is 42.7 Å². The van der Waals surface area contributed by atoms with Gasteiger partial charge in [0.25, 0.3) is 11.8 Å². The van der Waals surface area contributed by atoms with Crippen LogP contribution in [-0.2, 0) is 16.0 Å². The number of carbonyl (C=O) groups is 2. The van der Waals surface area contributed by atoms with E-state index in [0.717, 1.165) is 18.5 Å². The standard InChI is InChI=1S/C23H26N2O5/c1-28-21-15-18(23(27)25-10-4-6-17-5-2-3-7-19(17)25)8-9-20(21)30-16-22(26)24-11-13-29-14-12-24/h2-3,5,7-9,15H,4,6,10-14,16H2,1H3. The van der Waals surface area contributed by atoms with Gasteiger partial charge in [0.05, 0.1) is 20.3 Å². The van der Waals surface area contributed by atoms with Gasteiger partial charge in [-0.2, -0.15) is 0 Å². The minimum absolute atomic E-state index is 0.0728. The monoisotopic (exact) mass is 410 g/mol. The Morgan fingerprint density at radius 2 is 1.83 bits per heavy atom. The molecule has 0 atom stereocenters. The highest BCUT2D eigenvalue weighted by molar-refractivity contribution is 6.07. The fourth-order valence-electron chi connectivity index (χ4n) is 3.86. The second kappa shape index (κ2) is 9.17. The fourth-order valence-corrected chi connectivity index (χ4v) is 3.86. The maximum atomic E-state index is 13.2. The summed E-state index contributed by atoms with van der Waals surface area (Å²) in [7, 11) is 1.52. The smallest absolute Gasteiger partial charge is 0.260 e. The second-order valence-electron chi connectivity index (χ2n) is 7.34. The van der Waals surface area contributed by atoms with E-state index in [-0.39, 0.29) is 18.4 Å². The van der Waals surface area contributed by atoms with Gasteiger partial charge in [-0.15, -0.1) is 0 Å². The lowest BCUT2D eigenvalue weighted by Gasteiger charge is -2.29. The maximum Gasteiger partial charge on any atom is 0.260 e. The van der Waals surface area contributed by atoms with Crippen LogP contribution >= 0.6 is 0 Å². The van der Waals surface area contributed by atoms with Crippen molar-refractivity contribution in [1.82, 2.24) is 4.90 Å². The number of rotatable bonds is 5. The van der Waals surface area contributed by atoms with Gasteiger partial charge < -0.3 is 24.0 Å². The molecule has 2 aromatic carbocycles. The highest BCUT2D eigenvalue weighted by Crippen LogP contribution is 2.32. The van der Waals surface area contributed by atoms with Crippen LogP contribution in [0.15, 0.2) is 42.5 Å². The summed E-state index contributed by atoms with van der Waals surface area (Å²) in [6.07, 6.45) is 1.91. The van der Waals surface area contributed by atoms with E-state index in [0.29, 0.717) is 49.9 Å². The largest absolute Gasteiger partial charge is 0.493 e. The van der Waals surface area contributed by atoms with Gasteiger partial charge in [-0.25, -0.2) is 0 Å². The molecule has 1 fully saturated rings. The quantitative estimate of drug-likeness (QED) is 0.758. The van der Waals surface area contributed by atoms with Crippen molar-refractivity contribution >= 4 is 17.5 Å². The number of para-hydroxylation sites is 1. The molecule has 0 saturated carbocycles. The molecule has 4 rings (SSSR count). The molecule has 30 heavy (non-hydrogen) atoms. The molecule has 2 aromatic rings. The van der Waals surface area contributed by atoms with Crippen LogP contribution in [0.3, 0.4) is 0 Å². The van der Waals surface area contributed by atoms with Gasteiger partial charge in [-0.1, -0.05) is 18.2 Å². The number of amides is 2. The van der Waals surface area contributed by atoms with E-state index in [2.05, 4.69) is 6.07 Å².